The Morgan fingerprint density at radius 2 is 1.94 bits per heavy atom. The predicted octanol–water partition coefficient (Wildman–Crippen LogP) is 1.42. The van der Waals surface area contributed by atoms with Gasteiger partial charge in [0.2, 0.25) is 5.91 Å². The summed E-state index contributed by atoms with van der Waals surface area (Å²) in [7, 11) is 0. The van der Waals surface area contributed by atoms with Crippen LogP contribution in [0.5, 0.6) is 0 Å². The topological polar surface area (TPSA) is 83.6 Å². The number of anilines is 1. The quantitative estimate of drug-likeness (QED) is 0.856. The third-order valence-corrected chi connectivity index (χ3v) is 2.91. The van der Waals surface area contributed by atoms with Crippen molar-refractivity contribution >= 4 is 11.9 Å². The van der Waals surface area contributed by atoms with Crippen molar-refractivity contribution in [3.05, 3.63) is 35.4 Å². The molecule has 0 atom stereocenters. The lowest BCUT2D eigenvalue weighted by molar-refractivity contribution is -0.120. The first kappa shape index (κ1) is 12.2. The summed E-state index contributed by atoms with van der Waals surface area (Å²) in [6, 6.07) is 7.87. The minimum atomic E-state index is -0.658. The average molecular weight is 245 g/mol. The summed E-state index contributed by atoms with van der Waals surface area (Å²) in [4.78, 5) is 12.2. The van der Waals surface area contributed by atoms with Crippen molar-refractivity contribution in [2.45, 2.75) is 26.2 Å². The second-order valence-corrected chi connectivity index (χ2v) is 4.68. The monoisotopic (exact) mass is 245 g/mol. The summed E-state index contributed by atoms with van der Waals surface area (Å²) in [6.45, 7) is 5.72. The lowest BCUT2D eigenvalue weighted by atomic mass is 9.83. The van der Waals surface area contributed by atoms with E-state index in [1.54, 1.807) is 0 Å². The van der Waals surface area contributed by atoms with Crippen LogP contribution in [0.4, 0.5) is 5.95 Å². The SMILES string of the molecule is Cc1ccc(C(C)(C)C(=O)Nc2nn[nH]n2)cc1. The highest BCUT2D eigenvalue weighted by atomic mass is 16.2. The van der Waals surface area contributed by atoms with Gasteiger partial charge in [-0.25, -0.2) is 0 Å². The smallest absolute Gasteiger partial charge is 0.269 e. The van der Waals surface area contributed by atoms with Crippen LogP contribution in [0.2, 0.25) is 0 Å². The van der Waals surface area contributed by atoms with Gasteiger partial charge in [-0.05, 0) is 31.5 Å². The van der Waals surface area contributed by atoms with Crippen molar-refractivity contribution in [3.8, 4) is 0 Å². The standard InChI is InChI=1S/C12H15N5O/c1-8-4-6-9(7-5-8)12(2,3)10(18)13-11-14-16-17-15-11/h4-7H,1-3H3,(H2,13,14,15,16,17,18). The molecule has 0 aliphatic carbocycles. The number of rotatable bonds is 3. The first-order chi connectivity index (χ1) is 8.50. The molecule has 1 amide bonds. The number of hydrogen-bond acceptors (Lipinski definition) is 4. The average Bonchev–Trinajstić information content (AvgIpc) is 2.82. The second kappa shape index (κ2) is 4.56. The zero-order chi connectivity index (χ0) is 13.2. The predicted molar refractivity (Wildman–Crippen MR) is 67.0 cm³/mol. The molecule has 0 aliphatic rings. The highest BCUT2D eigenvalue weighted by molar-refractivity contribution is 5.97. The van der Waals surface area contributed by atoms with Crippen LogP contribution >= 0.6 is 0 Å². The van der Waals surface area contributed by atoms with Crippen molar-refractivity contribution in [1.29, 1.82) is 0 Å². The van der Waals surface area contributed by atoms with Gasteiger partial charge in [-0.3, -0.25) is 10.1 Å². The second-order valence-electron chi connectivity index (χ2n) is 4.68. The van der Waals surface area contributed by atoms with Gasteiger partial charge in [0, 0.05) is 0 Å². The molecule has 1 aromatic heterocycles. The van der Waals surface area contributed by atoms with Gasteiger partial charge in [-0.15, -0.1) is 5.10 Å². The van der Waals surface area contributed by atoms with Crippen LogP contribution in [-0.4, -0.2) is 26.5 Å². The lowest BCUT2D eigenvalue weighted by Crippen LogP contribution is -2.35. The third kappa shape index (κ3) is 2.37. The first-order valence-corrected chi connectivity index (χ1v) is 5.62. The molecule has 6 nitrogen and oxygen atoms in total. The number of aromatic nitrogens is 4. The summed E-state index contributed by atoms with van der Waals surface area (Å²) in [5, 5.41) is 15.7. The van der Waals surface area contributed by atoms with Crippen molar-refractivity contribution in [1.82, 2.24) is 20.6 Å². The molecule has 2 aromatic rings. The fraction of sp³-hybridized carbons (Fsp3) is 0.333. The van der Waals surface area contributed by atoms with Gasteiger partial charge >= 0.3 is 0 Å². The fourth-order valence-electron chi connectivity index (χ4n) is 1.57. The Morgan fingerprint density at radius 3 is 2.50 bits per heavy atom. The number of nitrogens with zero attached hydrogens (tertiary/aromatic N) is 3. The molecule has 0 spiro atoms. The number of benzene rings is 1. The van der Waals surface area contributed by atoms with E-state index in [2.05, 4.69) is 25.9 Å². The van der Waals surface area contributed by atoms with Crippen molar-refractivity contribution in [2.75, 3.05) is 5.32 Å². The van der Waals surface area contributed by atoms with Gasteiger partial charge < -0.3 is 0 Å². The van der Waals surface area contributed by atoms with Crippen LogP contribution in [0.25, 0.3) is 0 Å². The number of nitrogens with one attached hydrogen (secondary N) is 2. The van der Waals surface area contributed by atoms with E-state index in [0.29, 0.717) is 0 Å². The number of aryl methyl sites for hydroxylation is 1. The van der Waals surface area contributed by atoms with Crippen LogP contribution in [0, 0.1) is 6.92 Å². The third-order valence-electron chi connectivity index (χ3n) is 2.91. The largest absolute Gasteiger partial charge is 0.291 e. The summed E-state index contributed by atoms with van der Waals surface area (Å²) in [5.74, 6) is 0.00735. The van der Waals surface area contributed by atoms with Crippen molar-refractivity contribution < 1.29 is 4.79 Å². The van der Waals surface area contributed by atoms with E-state index >= 15 is 0 Å². The van der Waals surface area contributed by atoms with Gasteiger partial charge in [0.1, 0.15) is 0 Å². The maximum Gasteiger partial charge on any atom is 0.269 e. The van der Waals surface area contributed by atoms with Gasteiger partial charge in [0.05, 0.1) is 5.41 Å². The van der Waals surface area contributed by atoms with E-state index < -0.39 is 5.41 Å². The molecule has 0 fully saturated rings. The zero-order valence-corrected chi connectivity index (χ0v) is 10.6. The molecular weight excluding hydrogens is 230 g/mol. The molecule has 1 heterocycles. The Balaban J connectivity index is 2.19. The molecule has 18 heavy (non-hydrogen) atoms. The normalized spacial score (nSPS) is 11.3. The minimum Gasteiger partial charge on any atom is -0.291 e. The number of H-pyrrole nitrogens is 1. The number of carbonyl (C=O) groups is 1. The number of tetrazole rings is 1. The molecule has 6 heteroatoms. The summed E-state index contributed by atoms with van der Waals surface area (Å²) in [6.07, 6.45) is 0. The van der Waals surface area contributed by atoms with E-state index in [-0.39, 0.29) is 11.9 Å². The van der Waals surface area contributed by atoms with Crippen LogP contribution in [0.1, 0.15) is 25.0 Å². The van der Waals surface area contributed by atoms with Gasteiger partial charge in [0.15, 0.2) is 0 Å². The Morgan fingerprint density at radius 1 is 1.28 bits per heavy atom. The molecule has 0 aliphatic heterocycles. The van der Waals surface area contributed by atoms with E-state index in [1.807, 2.05) is 45.0 Å². The molecule has 2 rings (SSSR count). The van der Waals surface area contributed by atoms with Crippen LogP contribution in [-0.2, 0) is 10.2 Å². The highest BCUT2D eigenvalue weighted by Gasteiger charge is 2.30. The summed E-state index contributed by atoms with van der Waals surface area (Å²) < 4.78 is 0. The van der Waals surface area contributed by atoms with Crippen LogP contribution in [0.3, 0.4) is 0 Å². The van der Waals surface area contributed by atoms with E-state index in [9.17, 15) is 4.79 Å². The molecule has 0 radical (unpaired) electrons. The number of hydrogen-bond donors (Lipinski definition) is 2. The fourth-order valence-corrected chi connectivity index (χ4v) is 1.57. The zero-order valence-electron chi connectivity index (χ0n) is 10.6. The maximum absolute atomic E-state index is 12.2. The highest BCUT2D eigenvalue weighted by Crippen LogP contribution is 2.24. The molecule has 0 bridgehead atoms. The van der Waals surface area contributed by atoms with Crippen LogP contribution in [0.15, 0.2) is 24.3 Å². The Kier molecular flexibility index (Phi) is 3.10. The van der Waals surface area contributed by atoms with Gasteiger partial charge in [0.25, 0.3) is 5.95 Å². The maximum atomic E-state index is 12.2. The molecule has 0 saturated heterocycles. The minimum absolute atomic E-state index is 0.173. The Labute approximate surface area is 105 Å². The number of amides is 1. The molecule has 94 valence electrons. The van der Waals surface area contributed by atoms with E-state index in [0.717, 1.165) is 11.1 Å². The number of aromatic amines is 1. The van der Waals surface area contributed by atoms with E-state index in [4.69, 9.17) is 0 Å². The Bertz CT molecular complexity index is 530. The number of carbonyl (C=O) groups excluding carboxylic acids is 1. The van der Waals surface area contributed by atoms with Crippen molar-refractivity contribution in [2.24, 2.45) is 0 Å². The van der Waals surface area contributed by atoms with Gasteiger partial charge in [-0.2, -0.15) is 5.21 Å². The lowest BCUT2D eigenvalue weighted by Gasteiger charge is -2.23. The van der Waals surface area contributed by atoms with Crippen LogP contribution < -0.4 is 5.32 Å². The molecule has 2 N–H and O–H groups in total. The van der Waals surface area contributed by atoms with E-state index in [1.165, 1.54) is 0 Å². The molecular formula is C12H15N5O. The molecule has 0 saturated carbocycles. The molecule has 0 unspecified atom stereocenters. The Hall–Kier alpha value is -2.24. The first-order valence-electron chi connectivity index (χ1n) is 5.62. The summed E-state index contributed by atoms with van der Waals surface area (Å²) >= 11 is 0. The van der Waals surface area contributed by atoms with Gasteiger partial charge in [-0.1, -0.05) is 34.9 Å². The van der Waals surface area contributed by atoms with Crippen molar-refractivity contribution in [3.63, 3.8) is 0 Å². The summed E-state index contributed by atoms with van der Waals surface area (Å²) in [5.41, 5.74) is 1.44. The molecule has 1 aromatic carbocycles.